The summed E-state index contributed by atoms with van der Waals surface area (Å²) >= 11 is 0. The minimum Gasteiger partial charge on any atom is -0.321 e. The van der Waals surface area contributed by atoms with Gasteiger partial charge in [0.05, 0.1) is 22.6 Å². The van der Waals surface area contributed by atoms with Crippen LogP contribution >= 0.6 is 0 Å². The Morgan fingerprint density at radius 2 is 2.19 bits per heavy atom. The van der Waals surface area contributed by atoms with Gasteiger partial charge in [-0.05, 0) is 31.5 Å². The lowest BCUT2D eigenvalue weighted by molar-refractivity contribution is 0.102. The minimum absolute atomic E-state index is 0.138. The second-order valence-electron chi connectivity index (χ2n) is 4.43. The molecule has 0 saturated heterocycles. The average molecular weight is 284 g/mol. The number of amides is 1. The summed E-state index contributed by atoms with van der Waals surface area (Å²) in [5, 5.41) is 19.4. The van der Waals surface area contributed by atoms with E-state index in [1.807, 2.05) is 6.92 Å². The van der Waals surface area contributed by atoms with E-state index in [4.69, 9.17) is 5.26 Å². The summed E-state index contributed by atoms with van der Waals surface area (Å²) in [4.78, 5) is 12.3. The number of nitriles is 1. The number of nitrogens with zero attached hydrogens (tertiary/aromatic N) is 3. The van der Waals surface area contributed by atoms with Gasteiger partial charge >= 0.3 is 0 Å². The topological polar surface area (TPSA) is 78.7 Å². The van der Waals surface area contributed by atoms with Crippen LogP contribution in [0.15, 0.2) is 24.3 Å². The fourth-order valence-electron chi connectivity index (χ4n) is 1.90. The number of nitrogens with one attached hydrogen (secondary N) is 1. The smallest absolute Gasteiger partial charge is 0.257 e. The molecule has 6 heteroatoms. The lowest BCUT2D eigenvalue weighted by atomic mass is 10.1. The molecule has 0 bridgehead atoms. The Balaban J connectivity index is 2.38. The molecular formula is C15H13FN4O. The standard InChI is InChI=1S/C15H13FN4O/c1-3-13-10(7-9(2)19-20-13)15(21)18-14-6-4-5-12(16)11(14)8-17/h4-7H,3H2,1-2H3,(H,18,21). The zero-order valence-corrected chi connectivity index (χ0v) is 11.6. The Morgan fingerprint density at radius 1 is 1.43 bits per heavy atom. The highest BCUT2D eigenvalue weighted by atomic mass is 19.1. The summed E-state index contributed by atoms with van der Waals surface area (Å²) < 4.78 is 13.5. The first-order valence-electron chi connectivity index (χ1n) is 6.40. The van der Waals surface area contributed by atoms with Crippen molar-refractivity contribution in [2.24, 2.45) is 0 Å². The number of aryl methyl sites for hydroxylation is 2. The third-order valence-corrected chi connectivity index (χ3v) is 2.95. The SMILES string of the molecule is CCc1nnc(C)cc1C(=O)Nc1cccc(F)c1C#N. The van der Waals surface area contributed by atoms with Gasteiger partial charge in [-0.3, -0.25) is 4.79 Å². The summed E-state index contributed by atoms with van der Waals surface area (Å²) in [6, 6.07) is 7.44. The van der Waals surface area contributed by atoms with Crippen molar-refractivity contribution in [3.05, 3.63) is 52.6 Å². The summed E-state index contributed by atoms with van der Waals surface area (Å²) in [7, 11) is 0. The van der Waals surface area contributed by atoms with Crippen molar-refractivity contribution in [2.75, 3.05) is 5.32 Å². The van der Waals surface area contributed by atoms with Gasteiger partial charge in [-0.2, -0.15) is 15.5 Å². The predicted molar refractivity (Wildman–Crippen MR) is 75.2 cm³/mol. The van der Waals surface area contributed by atoms with Gasteiger partial charge in [-0.1, -0.05) is 13.0 Å². The number of carbonyl (C=O) groups excluding carboxylic acids is 1. The molecule has 0 atom stereocenters. The molecule has 0 fully saturated rings. The van der Waals surface area contributed by atoms with Crippen LogP contribution in [0.4, 0.5) is 10.1 Å². The number of hydrogen-bond donors (Lipinski definition) is 1. The Morgan fingerprint density at radius 3 is 2.86 bits per heavy atom. The average Bonchev–Trinajstić information content (AvgIpc) is 2.47. The summed E-state index contributed by atoms with van der Waals surface area (Å²) in [6.07, 6.45) is 0.546. The molecule has 21 heavy (non-hydrogen) atoms. The van der Waals surface area contributed by atoms with E-state index in [2.05, 4.69) is 15.5 Å². The number of hydrogen-bond acceptors (Lipinski definition) is 4. The van der Waals surface area contributed by atoms with E-state index in [1.54, 1.807) is 19.1 Å². The first-order chi connectivity index (χ1) is 10.1. The molecule has 0 aliphatic carbocycles. The van der Waals surface area contributed by atoms with Gasteiger partial charge in [-0.15, -0.1) is 0 Å². The fourth-order valence-corrected chi connectivity index (χ4v) is 1.90. The number of anilines is 1. The van der Waals surface area contributed by atoms with Crippen molar-refractivity contribution < 1.29 is 9.18 Å². The summed E-state index contributed by atoms with van der Waals surface area (Å²) in [6.45, 7) is 3.59. The van der Waals surface area contributed by atoms with E-state index in [0.29, 0.717) is 23.4 Å². The highest BCUT2D eigenvalue weighted by molar-refractivity contribution is 6.05. The highest BCUT2D eigenvalue weighted by Gasteiger charge is 2.16. The lowest BCUT2D eigenvalue weighted by Crippen LogP contribution is -2.17. The van der Waals surface area contributed by atoms with Gasteiger partial charge in [-0.25, -0.2) is 4.39 Å². The number of carbonyl (C=O) groups is 1. The van der Waals surface area contributed by atoms with Crippen molar-refractivity contribution in [3.8, 4) is 6.07 Å². The van der Waals surface area contributed by atoms with Crippen LogP contribution < -0.4 is 5.32 Å². The van der Waals surface area contributed by atoms with Crippen LogP contribution in [-0.2, 0) is 6.42 Å². The Bertz CT molecular complexity index is 737. The van der Waals surface area contributed by atoms with Gasteiger partial charge in [0.1, 0.15) is 17.4 Å². The normalized spacial score (nSPS) is 10.0. The van der Waals surface area contributed by atoms with Crippen molar-refractivity contribution in [3.63, 3.8) is 0 Å². The third kappa shape index (κ3) is 3.03. The van der Waals surface area contributed by atoms with Crippen LogP contribution in [0.2, 0.25) is 0 Å². The second kappa shape index (κ2) is 6.09. The maximum atomic E-state index is 13.5. The second-order valence-corrected chi connectivity index (χ2v) is 4.43. The van der Waals surface area contributed by atoms with Crippen LogP contribution in [0.5, 0.6) is 0 Å². The number of halogens is 1. The van der Waals surface area contributed by atoms with Gasteiger partial charge in [0.25, 0.3) is 5.91 Å². The Labute approximate surface area is 121 Å². The van der Waals surface area contributed by atoms with Gasteiger partial charge in [0.2, 0.25) is 0 Å². The first kappa shape index (κ1) is 14.6. The molecule has 0 aliphatic heterocycles. The molecule has 1 heterocycles. The molecule has 1 N–H and O–H groups in total. The molecule has 0 spiro atoms. The largest absolute Gasteiger partial charge is 0.321 e. The Kier molecular flexibility index (Phi) is 4.24. The predicted octanol–water partition coefficient (Wildman–Crippen LogP) is 2.61. The van der Waals surface area contributed by atoms with Gasteiger partial charge in [0.15, 0.2) is 0 Å². The molecule has 0 aliphatic rings. The van der Waals surface area contributed by atoms with Gasteiger partial charge in [0, 0.05) is 0 Å². The van der Waals surface area contributed by atoms with Crippen LogP contribution in [-0.4, -0.2) is 16.1 Å². The van der Waals surface area contributed by atoms with Crippen LogP contribution in [0.25, 0.3) is 0 Å². The van der Waals surface area contributed by atoms with Crippen molar-refractivity contribution in [1.82, 2.24) is 10.2 Å². The molecule has 0 saturated carbocycles. The molecule has 0 unspecified atom stereocenters. The van der Waals surface area contributed by atoms with E-state index in [1.165, 1.54) is 18.2 Å². The molecule has 0 radical (unpaired) electrons. The first-order valence-corrected chi connectivity index (χ1v) is 6.40. The zero-order valence-electron chi connectivity index (χ0n) is 11.6. The maximum absolute atomic E-state index is 13.5. The fraction of sp³-hybridized carbons (Fsp3) is 0.200. The number of benzene rings is 1. The van der Waals surface area contributed by atoms with Crippen LogP contribution in [0, 0.1) is 24.1 Å². The van der Waals surface area contributed by atoms with Crippen molar-refractivity contribution in [1.29, 1.82) is 5.26 Å². The lowest BCUT2D eigenvalue weighted by Gasteiger charge is -2.10. The van der Waals surface area contributed by atoms with E-state index in [0.717, 1.165) is 0 Å². The van der Waals surface area contributed by atoms with E-state index >= 15 is 0 Å². The maximum Gasteiger partial charge on any atom is 0.257 e. The van der Waals surface area contributed by atoms with E-state index in [9.17, 15) is 9.18 Å². The minimum atomic E-state index is -0.671. The molecule has 5 nitrogen and oxygen atoms in total. The summed E-state index contributed by atoms with van der Waals surface area (Å²) in [5.41, 5.74) is 1.48. The molecule has 1 amide bonds. The van der Waals surface area contributed by atoms with Crippen molar-refractivity contribution in [2.45, 2.75) is 20.3 Å². The molecule has 1 aromatic heterocycles. The van der Waals surface area contributed by atoms with Crippen LogP contribution in [0.1, 0.15) is 34.2 Å². The quantitative estimate of drug-likeness (QED) is 0.939. The highest BCUT2D eigenvalue weighted by Crippen LogP contribution is 2.19. The molecule has 1 aromatic carbocycles. The summed E-state index contributed by atoms with van der Waals surface area (Å²) in [5.74, 6) is -1.11. The zero-order chi connectivity index (χ0) is 15.4. The molecular weight excluding hydrogens is 271 g/mol. The molecule has 106 valence electrons. The molecule has 2 rings (SSSR count). The van der Waals surface area contributed by atoms with E-state index < -0.39 is 11.7 Å². The monoisotopic (exact) mass is 284 g/mol. The third-order valence-electron chi connectivity index (χ3n) is 2.95. The Hall–Kier alpha value is -2.81. The number of rotatable bonds is 3. The number of aromatic nitrogens is 2. The van der Waals surface area contributed by atoms with E-state index in [-0.39, 0.29) is 11.3 Å². The molecule has 2 aromatic rings. The van der Waals surface area contributed by atoms with Gasteiger partial charge < -0.3 is 5.32 Å². The van der Waals surface area contributed by atoms with Crippen LogP contribution in [0.3, 0.4) is 0 Å². The van der Waals surface area contributed by atoms with Crippen molar-refractivity contribution >= 4 is 11.6 Å².